The van der Waals surface area contributed by atoms with E-state index >= 15 is 0 Å². The molecular formula is C22H19ClO. The molecule has 24 heavy (non-hydrogen) atoms. The van der Waals surface area contributed by atoms with Crippen LogP contribution in [0.2, 0.25) is 5.02 Å². The van der Waals surface area contributed by atoms with Gasteiger partial charge in [0.1, 0.15) is 5.75 Å². The predicted octanol–water partition coefficient (Wildman–Crippen LogP) is 6.09. The van der Waals surface area contributed by atoms with Crippen molar-refractivity contribution in [3.05, 3.63) is 69.8 Å². The van der Waals surface area contributed by atoms with E-state index in [1.807, 2.05) is 36.4 Å². The van der Waals surface area contributed by atoms with Crippen LogP contribution in [-0.2, 0) is 0 Å². The number of hydrogen-bond acceptors (Lipinski definition) is 1. The zero-order valence-corrected chi connectivity index (χ0v) is 14.7. The number of allylic oxidation sites excluding steroid dienone is 3. The van der Waals surface area contributed by atoms with Gasteiger partial charge in [0.2, 0.25) is 0 Å². The highest BCUT2D eigenvalue weighted by atomic mass is 35.5. The van der Waals surface area contributed by atoms with E-state index in [2.05, 4.69) is 31.9 Å². The van der Waals surface area contributed by atoms with E-state index in [0.29, 0.717) is 6.61 Å². The molecular weight excluding hydrogens is 316 g/mol. The van der Waals surface area contributed by atoms with Crippen molar-refractivity contribution < 1.29 is 4.74 Å². The molecule has 120 valence electrons. The summed E-state index contributed by atoms with van der Waals surface area (Å²) in [6, 6.07) is 14.0. The third-order valence-electron chi connectivity index (χ3n) is 4.13. The summed E-state index contributed by atoms with van der Waals surface area (Å²) >= 11 is 5.97. The highest BCUT2D eigenvalue weighted by molar-refractivity contribution is 6.30. The number of fused-ring (bicyclic) bond motifs is 1. The molecule has 0 heterocycles. The Bertz CT molecular complexity index is 864. The normalized spacial score (nSPS) is 14.7. The van der Waals surface area contributed by atoms with Gasteiger partial charge in [-0.3, -0.25) is 0 Å². The van der Waals surface area contributed by atoms with Crippen LogP contribution in [0.15, 0.2) is 48.0 Å². The second kappa shape index (κ2) is 6.99. The van der Waals surface area contributed by atoms with Crippen molar-refractivity contribution in [3.8, 4) is 18.1 Å². The number of hydrogen-bond donors (Lipinski definition) is 0. The van der Waals surface area contributed by atoms with Crippen LogP contribution in [0.4, 0.5) is 0 Å². The van der Waals surface area contributed by atoms with Crippen molar-refractivity contribution in [2.45, 2.75) is 20.3 Å². The molecule has 0 fully saturated rings. The monoisotopic (exact) mass is 334 g/mol. The van der Waals surface area contributed by atoms with Crippen molar-refractivity contribution in [2.24, 2.45) is 0 Å². The number of rotatable bonds is 4. The molecule has 2 aromatic carbocycles. The number of halogens is 1. The minimum Gasteiger partial charge on any atom is -0.494 e. The molecule has 1 aliphatic rings. The highest BCUT2D eigenvalue weighted by Crippen LogP contribution is 2.43. The minimum atomic E-state index is 0.709. The average Bonchev–Trinajstić information content (AvgIpc) is 2.86. The maximum atomic E-state index is 5.97. The van der Waals surface area contributed by atoms with Gasteiger partial charge in [0.05, 0.1) is 6.61 Å². The number of terminal acetylenes is 1. The molecule has 1 aliphatic carbocycles. The summed E-state index contributed by atoms with van der Waals surface area (Å²) in [7, 11) is 0. The Balaban J connectivity index is 2.06. The van der Waals surface area contributed by atoms with E-state index in [0.717, 1.165) is 50.6 Å². The van der Waals surface area contributed by atoms with Crippen molar-refractivity contribution in [3.63, 3.8) is 0 Å². The maximum absolute atomic E-state index is 5.97. The Morgan fingerprint density at radius 3 is 2.54 bits per heavy atom. The van der Waals surface area contributed by atoms with Crippen molar-refractivity contribution in [1.29, 1.82) is 0 Å². The molecule has 0 N–H and O–H groups in total. The van der Waals surface area contributed by atoms with E-state index in [4.69, 9.17) is 22.8 Å². The molecule has 0 radical (unpaired) electrons. The molecule has 2 aromatic rings. The molecule has 0 aromatic heterocycles. The van der Waals surface area contributed by atoms with Crippen molar-refractivity contribution in [1.82, 2.24) is 0 Å². The Labute approximate surface area is 148 Å². The van der Waals surface area contributed by atoms with Crippen LogP contribution in [0.1, 0.15) is 37.0 Å². The lowest BCUT2D eigenvalue weighted by Crippen LogP contribution is -1.96. The van der Waals surface area contributed by atoms with Gasteiger partial charge in [0, 0.05) is 16.2 Å². The third-order valence-corrected chi connectivity index (χ3v) is 4.38. The van der Waals surface area contributed by atoms with Gasteiger partial charge in [-0.2, -0.15) is 0 Å². The van der Waals surface area contributed by atoms with E-state index in [1.165, 1.54) is 0 Å². The molecule has 3 rings (SSSR count). The molecule has 0 bridgehead atoms. The van der Waals surface area contributed by atoms with Gasteiger partial charge in [-0.1, -0.05) is 42.6 Å². The standard InChI is InChI=1S/C22H19ClO/c1-4-12-24-18-10-11-20-21(13-16-6-8-17(23)9-7-16)15(3)19(5-2)22(20)14-18/h2,6-11,13-14H,4,12H2,1,3H3. The van der Waals surface area contributed by atoms with Crippen LogP contribution in [0.5, 0.6) is 5.75 Å². The Kier molecular flexibility index (Phi) is 4.79. The molecule has 1 nitrogen and oxygen atoms in total. The van der Waals surface area contributed by atoms with Gasteiger partial charge in [0.25, 0.3) is 0 Å². The first-order valence-electron chi connectivity index (χ1n) is 8.06. The van der Waals surface area contributed by atoms with Gasteiger partial charge in [-0.15, -0.1) is 6.42 Å². The Morgan fingerprint density at radius 2 is 1.88 bits per heavy atom. The summed E-state index contributed by atoms with van der Waals surface area (Å²) in [6.45, 7) is 4.88. The van der Waals surface area contributed by atoms with Gasteiger partial charge >= 0.3 is 0 Å². The molecule has 0 amide bonds. The first kappa shape index (κ1) is 16.4. The maximum Gasteiger partial charge on any atom is 0.119 e. The molecule has 0 saturated carbocycles. The summed E-state index contributed by atoms with van der Waals surface area (Å²) in [6.07, 6.45) is 8.91. The lowest BCUT2D eigenvalue weighted by Gasteiger charge is -2.08. The predicted molar refractivity (Wildman–Crippen MR) is 103 cm³/mol. The van der Waals surface area contributed by atoms with Crippen molar-refractivity contribution in [2.75, 3.05) is 6.61 Å². The summed E-state index contributed by atoms with van der Waals surface area (Å²) in [5.74, 6) is 3.70. The topological polar surface area (TPSA) is 9.23 Å². The Hall–Kier alpha value is -2.43. The molecule has 0 saturated heterocycles. The summed E-state index contributed by atoms with van der Waals surface area (Å²) < 4.78 is 5.75. The lowest BCUT2D eigenvalue weighted by molar-refractivity contribution is 0.317. The van der Waals surface area contributed by atoms with Crippen LogP contribution >= 0.6 is 11.6 Å². The van der Waals surface area contributed by atoms with E-state index in [9.17, 15) is 0 Å². The van der Waals surface area contributed by atoms with Crippen LogP contribution in [0.25, 0.3) is 17.2 Å². The molecule has 2 heteroatoms. The third kappa shape index (κ3) is 3.11. The first-order valence-corrected chi connectivity index (χ1v) is 8.44. The quantitative estimate of drug-likeness (QED) is 0.615. The fourth-order valence-corrected chi connectivity index (χ4v) is 3.04. The summed E-state index contributed by atoms with van der Waals surface area (Å²) in [4.78, 5) is 0. The zero-order chi connectivity index (χ0) is 17.1. The second-order valence-corrected chi connectivity index (χ2v) is 6.25. The zero-order valence-electron chi connectivity index (χ0n) is 13.9. The minimum absolute atomic E-state index is 0.709. The smallest absolute Gasteiger partial charge is 0.119 e. The van der Waals surface area contributed by atoms with Crippen LogP contribution in [0.3, 0.4) is 0 Å². The largest absolute Gasteiger partial charge is 0.494 e. The SMILES string of the molecule is C#CC1=C(C)C(=Cc2ccc(Cl)cc2)c2ccc(OCCC)cc21. The van der Waals surface area contributed by atoms with Crippen LogP contribution < -0.4 is 4.74 Å². The van der Waals surface area contributed by atoms with E-state index < -0.39 is 0 Å². The fraction of sp³-hybridized carbons (Fsp3) is 0.182. The summed E-state index contributed by atoms with van der Waals surface area (Å²) in [5.41, 5.74) is 6.54. The van der Waals surface area contributed by atoms with Crippen LogP contribution in [0, 0.1) is 12.3 Å². The van der Waals surface area contributed by atoms with Crippen LogP contribution in [-0.4, -0.2) is 6.61 Å². The van der Waals surface area contributed by atoms with Crippen molar-refractivity contribution >= 4 is 28.8 Å². The highest BCUT2D eigenvalue weighted by Gasteiger charge is 2.23. The molecule has 0 atom stereocenters. The fourth-order valence-electron chi connectivity index (χ4n) is 2.91. The molecule has 0 aliphatic heterocycles. The first-order chi connectivity index (χ1) is 11.6. The van der Waals surface area contributed by atoms with Gasteiger partial charge in [-0.05, 0) is 66.0 Å². The number of ether oxygens (including phenoxy) is 1. The summed E-state index contributed by atoms with van der Waals surface area (Å²) in [5, 5.41) is 0.735. The number of benzene rings is 2. The van der Waals surface area contributed by atoms with Gasteiger partial charge in [-0.25, -0.2) is 0 Å². The van der Waals surface area contributed by atoms with E-state index in [-0.39, 0.29) is 0 Å². The molecule has 0 unspecified atom stereocenters. The second-order valence-electron chi connectivity index (χ2n) is 5.81. The van der Waals surface area contributed by atoms with Gasteiger partial charge in [0.15, 0.2) is 0 Å². The Morgan fingerprint density at radius 1 is 1.12 bits per heavy atom. The molecule has 0 spiro atoms. The van der Waals surface area contributed by atoms with E-state index in [1.54, 1.807) is 0 Å². The lowest BCUT2D eigenvalue weighted by atomic mass is 10.0. The average molecular weight is 335 g/mol. The van der Waals surface area contributed by atoms with Gasteiger partial charge < -0.3 is 4.74 Å².